The van der Waals surface area contributed by atoms with Crippen molar-refractivity contribution < 1.29 is 5.21 Å². The first-order chi connectivity index (χ1) is 8.35. The molecule has 0 aliphatic heterocycles. The second kappa shape index (κ2) is 12.0. The van der Waals surface area contributed by atoms with Crippen LogP contribution in [0, 0.1) is 22.7 Å². The fourth-order valence-electron chi connectivity index (χ4n) is 1.35. The van der Waals surface area contributed by atoms with E-state index in [0.29, 0.717) is 0 Å². The Morgan fingerprint density at radius 2 is 1.47 bits per heavy atom. The van der Waals surface area contributed by atoms with Crippen LogP contribution in [-0.2, 0) is 0 Å². The molecular weight excluding hydrogens is 214 g/mol. The minimum Gasteiger partial charge on any atom is -0.411 e. The van der Waals surface area contributed by atoms with Gasteiger partial charge in [0.1, 0.15) is 0 Å². The van der Waals surface area contributed by atoms with Gasteiger partial charge in [0.25, 0.3) is 0 Å². The van der Waals surface area contributed by atoms with Crippen LogP contribution in [0.1, 0.15) is 38.5 Å². The van der Waals surface area contributed by atoms with Gasteiger partial charge >= 0.3 is 0 Å². The normalized spacial score (nSPS) is 10.2. The second-order valence-electron chi connectivity index (χ2n) is 3.51. The molecule has 0 radical (unpaired) electrons. The molecule has 4 nitrogen and oxygen atoms in total. The van der Waals surface area contributed by atoms with Crippen LogP contribution in [0.5, 0.6) is 0 Å². The molecule has 0 aliphatic carbocycles. The highest BCUT2D eigenvalue weighted by molar-refractivity contribution is 5.83. The maximum atomic E-state index is 8.78. The van der Waals surface area contributed by atoms with Gasteiger partial charge < -0.3 is 5.21 Å². The van der Waals surface area contributed by atoms with Crippen LogP contribution in [-0.4, -0.2) is 10.9 Å². The van der Waals surface area contributed by atoms with Crippen molar-refractivity contribution in [1.82, 2.24) is 0 Å². The van der Waals surface area contributed by atoms with Crippen LogP contribution in [0.25, 0.3) is 0 Å². The van der Waals surface area contributed by atoms with Gasteiger partial charge in [-0.3, -0.25) is 0 Å². The largest absolute Gasteiger partial charge is 0.411 e. The Bertz CT molecular complexity index is 324. The molecule has 0 unspecified atom stereocenters. The van der Waals surface area contributed by atoms with Crippen LogP contribution < -0.4 is 0 Å². The van der Waals surface area contributed by atoms with Crippen LogP contribution in [0.4, 0.5) is 0 Å². The Balaban J connectivity index is 3.65. The lowest BCUT2D eigenvalue weighted by molar-refractivity contribution is 0.315. The summed E-state index contributed by atoms with van der Waals surface area (Å²) in [6.45, 7) is 0. The van der Waals surface area contributed by atoms with E-state index >= 15 is 0 Å². The summed E-state index contributed by atoms with van der Waals surface area (Å²) in [5, 5.41) is 28.6. The molecule has 0 heterocycles. The van der Waals surface area contributed by atoms with Gasteiger partial charge in [0.15, 0.2) is 0 Å². The highest BCUT2D eigenvalue weighted by Crippen LogP contribution is 2.06. The average molecular weight is 231 g/mol. The van der Waals surface area contributed by atoms with Crippen LogP contribution in [0.2, 0.25) is 0 Å². The molecular formula is C13H17N3O. The monoisotopic (exact) mass is 231 g/mol. The van der Waals surface area contributed by atoms with E-state index in [1.165, 1.54) is 12.2 Å². The van der Waals surface area contributed by atoms with Crippen LogP contribution in [0.3, 0.4) is 0 Å². The summed E-state index contributed by atoms with van der Waals surface area (Å²) in [7, 11) is 0. The maximum absolute atomic E-state index is 8.78. The molecule has 17 heavy (non-hydrogen) atoms. The summed E-state index contributed by atoms with van der Waals surface area (Å²) >= 11 is 0. The van der Waals surface area contributed by atoms with Gasteiger partial charge in [0, 0.05) is 12.2 Å². The minimum atomic E-state index is 0.744. The van der Waals surface area contributed by atoms with Crippen molar-refractivity contribution in [3.63, 3.8) is 0 Å². The lowest BCUT2D eigenvalue weighted by Gasteiger charge is -2.01. The summed E-state index contributed by atoms with van der Waals surface area (Å²) < 4.78 is 0. The zero-order chi connectivity index (χ0) is 12.8. The topological polar surface area (TPSA) is 80.2 Å². The van der Waals surface area contributed by atoms with Gasteiger partial charge in [0.05, 0.1) is 17.9 Å². The highest BCUT2D eigenvalue weighted by Gasteiger charge is 1.99. The van der Waals surface area contributed by atoms with Crippen LogP contribution >= 0.6 is 0 Å². The number of rotatable bonds is 8. The number of oxime groups is 1. The van der Waals surface area contributed by atoms with E-state index in [4.69, 9.17) is 15.7 Å². The molecule has 0 amide bonds. The molecule has 0 atom stereocenters. The zero-order valence-corrected chi connectivity index (χ0v) is 9.84. The van der Waals surface area contributed by atoms with Gasteiger partial charge in [-0.2, -0.15) is 10.5 Å². The number of hydrogen-bond donors (Lipinski definition) is 1. The standard InChI is InChI=1S/C13H17N3O/c14-11-7-3-1-5-9-13(16-17)10-6-2-4-8-12-15/h3-4,7-8,17H,1-2,5-6,9-10H2/b7-3-,8-4-. The second-order valence-corrected chi connectivity index (χ2v) is 3.51. The fraction of sp³-hybridized carbons (Fsp3) is 0.462. The quantitative estimate of drug-likeness (QED) is 0.229. The van der Waals surface area contributed by atoms with E-state index in [9.17, 15) is 0 Å². The van der Waals surface area contributed by atoms with Crippen molar-refractivity contribution in [2.45, 2.75) is 38.5 Å². The molecule has 1 N–H and O–H groups in total. The number of allylic oxidation sites excluding steroid dienone is 4. The predicted molar refractivity (Wildman–Crippen MR) is 66.4 cm³/mol. The number of hydrogen-bond acceptors (Lipinski definition) is 4. The van der Waals surface area contributed by atoms with Gasteiger partial charge in [0.2, 0.25) is 0 Å². The van der Waals surface area contributed by atoms with Crippen LogP contribution in [0.15, 0.2) is 29.5 Å². The first kappa shape index (κ1) is 14.9. The molecule has 0 saturated heterocycles. The van der Waals surface area contributed by atoms with Crippen molar-refractivity contribution in [2.24, 2.45) is 5.16 Å². The minimum absolute atomic E-state index is 0.744. The third-order valence-corrected chi connectivity index (χ3v) is 2.20. The number of nitriles is 2. The molecule has 0 aliphatic rings. The zero-order valence-electron chi connectivity index (χ0n) is 9.84. The Morgan fingerprint density at radius 1 is 1.00 bits per heavy atom. The Hall–Kier alpha value is -2.07. The first-order valence-corrected chi connectivity index (χ1v) is 5.64. The van der Waals surface area contributed by atoms with E-state index in [1.54, 1.807) is 0 Å². The first-order valence-electron chi connectivity index (χ1n) is 5.64. The van der Waals surface area contributed by atoms with E-state index in [-0.39, 0.29) is 0 Å². The summed E-state index contributed by atoms with van der Waals surface area (Å²) in [5.41, 5.74) is 0.778. The Morgan fingerprint density at radius 3 is 1.82 bits per heavy atom. The lowest BCUT2D eigenvalue weighted by atomic mass is 10.1. The molecule has 0 bridgehead atoms. The summed E-state index contributed by atoms with van der Waals surface area (Å²) in [6, 6.07) is 3.86. The van der Waals surface area contributed by atoms with Gasteiger partial charge in [-0.15, -0.1) is 0 Å². The molecule has 0 aromatic carbocycles. The SMILES string of the molecule is N#C/C=C\CCCC(CCC/C=C\C#N)=NO. The smallest absolute Gasteiger partial charge is 0.0908 e. The van der Waals surface area contributed by atoms with Crippen molar-refractivity contribution in [1.29, 1.82) is 10.5 Å². The van der Waals surface area contributed by atoms with Crippen molar-refractivity contribution in [3.8, 4) is 12.1 Å². The lowest BCUT2D eigenvalue weighted by Crippen LogP contribution is -1.98. The van der Waals surface area contributed by atoms with Crippen molar-refractivity contribution in [3.05, 3.63) is 24.3 Å². The Labute approximate surface area is 102 Å². The highest BCUT2D eigenvalue weighted by atomic mass is 16.4. The molecule has 4 heteroatoms. The summed E-state index contributed by atoms with van der Waals surface area (Å²) in [4.78, 5) is 0. The molecule has 90 valence electrons. The number of unbranched alkanes of at least 4 members (excludes halogenated alkanes) is 2. The Kier molecular flexibility index (Phi) is 10.5. The maximum Gasteiger partial charge on any atom is 0.0908 e. The predicted octanol–water partition coefficient (Wildman–Crippen LogP) is 3.32. The van der Waals surface area contributed by atoms with Gasteiger partial charge in [-0.05, 0) is 38.5 Å². The number of nitrogens with zero attached hydrogens (tertiary/aromatic N) is 3. The molecule has 0 spiro atoms. The van der Waals surface area contributed by atoms with E-state index in [1.807, 2.05) is 24.3 Å². The molecule has 0 rings (SSSR count). The van der Waals surface area contributed by atoms with Crippen molar-refractivity contribution in [2.75, 3.05) is 0 Å². The molecule has 0 aromatic heterocycles. The van der Waals surface area contributed by atoms with Crippen molar-refractivity contribution >= 4 is 5.71 Å². The average Bonchev–Trinajstić information content (AvgIpc) is 2.36. The van der Waals surface area contributed by atoms with E-state index in [0.717, 1.165) is 44.2 Å². The fourth-order valence-corrected chi connectivity index (χ4v) is 1.35. The summed E-state index contributed by atoms with van der Waals surface area (Å²) in [6.07, 6.45) is 11.4. The van der Waals surface area contributed by atoms with Gasteiger partial charge in [-0.25, -0.2) is 0 Å². The summed E-state index contributed by atoms with van der Waals surface area (Å²) in [5.74, 6) is 0. The van der Waals surface area contributed by atoms with E-state index in [2.05, 4.69) is 5.16 Å². The van der Waals surface area contributed by atoms with Gasteiger partial charge in [-0.1, -0.05) is 17.3 Å². The molecule has 0 saturated carbocycles. The van der Waals surface area contributed by atoms with E-state index < -0.39 is 0 Å². The molecule has 0 fully saturated rings. The third-order valence-electron chi connectivity index (χ3n) is 2.20. The molecule has 0 aromatic rings. The third kappa shape index (κ3) is 10.2.